The zero-order chi connectivity index (χ0) is 15.4. The maximum absolute atomic E-state index is 12.6. The van der Waals surface area contributed by atoms with Crippen molar-refractivity contribution in [3.63, 3.8) is 0 Å². The van der Waals surface area contributed by atoms with E-state index in [1.165, 1.54) is 16.4 Å². The molecular weight excluding hydrogens is 292 g/mol. The first-order valence-electron chi connectivity index (χ1n) is 6.80. The third kappa shape index (κ3) is 2.40. The summed E-state index contributed by atoms with van der Waals surface area (Å²) in [6.45, 7) is 4.26. The molecule has 1 aromatic heterocycles. The van der Waals surface area contributed by atoms with Gasteiger partial charge in [0.1, 0.15) is 0 Å². The average molecular weight is 310 g/mol. The molecule has 1 heterocycles. The van der Waals surface area contributed by atoms with Crippen LogP contribution in [0.2, 0.25) is 0 Å². The Balaban J connectivity index is 1.94. The van der Waals surface area contributed by atoms with Gasteiger partial charge in [-0.1, -0.05) is 13.8 Å². The van der Waals surface area contributed by atoms with E-state index in [2.05, 4.69) is 18.8 Å². The number of fused-ring (bicyclic) bond motifs is 1. The van der Waals surface area contributed by atoms with E-state index in [1.807, 2.05) is 0 Å². The second-order valence-corrected chi connectivity index (χ2v) is 8.42. The minimum absolute atomic E-state index is 0.0268. The van der Waals surface area contributed by atoms with Crippen molar-refractivity contribution in [2.45, 2.75) is 37.6 Å². The van der Waals surface area contributed by atoms with Crippen LogP contribution in [0.1, 0.15) is 26.7 Å². The summed E-state index contributed by atoms with van der Waals surface area (Å²) in [5, 5.41) is 0. The molecule has 0 atom stereocenters. The summed E-state index contributed by atoms with van der Waals surface area (Å²) >= 11 is 0. The SMILES string of the molecule is CN(C1CC(C)(C)C1)S(=O)(=O)c1ccc2[nH]c(=O)oc2c1. The van der Waals surface area contributed by atoms with Crippen LogP contribution in [0.3, 0.4) is 0 Å². The molecule has 1 aliphatic rings. The van der Waals surface area contributed by atoms with E-state index in [0.717, 1.165) is 12.8 Å². The standard InChI is InChI=1S/C14H18N2O4S/c1-14(2)7-9(8-14)16(3)21(18,19)10-4-5-11-12(6-10)20-13(17)15-11/h4-6,9H,7-8H2,1-3H3,(H,15,17). The Hall–Kier alpha value is -1.60. The minimum atomic E-state index is -3.57. The lowest BCUT2D eigenvalue weighted by Gasteiger charge is -2.46. The van der Waals surface area contributed by atoms with Gasteiger partial charge in [-0.3, -0.25) is 4.98 Å². The molecular formula is C14H18N2O4S. The number of aromatic nitrogens is 1. The predicted molar refractivity (Wildman–Crippen MR) is 78.6 cm³/mol. The number of benzene rings is 1. The molecule has 1 fully saturated rings. The smallest absolute Gasteiger partial charge is 0.408 e. The number of oxazole rings is 1. The van der Waals surface area contributed by atoms with E-state index < -0.39 is 15.8 Å². The molecule has 0 amide bonds. The first-order chi connectivity index (χ1) is 9.69. The number of hydrogen-bond acceptors (Lipinski definition) is 4. The largest absolute Gasteiger partial charge is 0.417 e. The maximum atomic E-state index is 12.6. The number of hydrogen-bond donors (Lipinski definition) is 1. The molecule has 0 unspecified atom stereocenters. The topological polar surface area (TPSA) is 83.4 Å². The van der Waals surface area contributed by atoms with Crippen molar-refractivity contribution in [1.82, 2.24) is 9.29 Å². The van der Waals surface area contributed by atoms with Gasteiger partial charge in [0.2, 0.25) is 10.0 Å². The Morgan fingerprint density at radius 3 is 2.62 bits per heavy atom. The van der Waals surface area contributed by atoms with Crippen LogP contribution in [0.4, 0.5) is 0 Å². The van der Waals surface area contributed by atoms with E-state index in [0.29, 0.717) is 5.52 Å². The highest BCUT2D eigenvalue weighted by Crippen LogP contribution is 2.43. The molecule has 0 bridgehead atoms. The zero-order valence-electron chi connectivity index (χ0n) is 12.2. The lowest BCUT2D eigenvalue weighted by Crippen LogP contribution is -2.49. The van der Waals surface area contributed by atoms with Crippen molar-refractivity contribution >= 4 is 21.1 Å². The van der Waals surface area contributed by atoms with E-state index in [9.17, 15) is 13.2 Å². The lowest BCUT2D eigenvalue weighted by atomic mass is 9.68. The van der Waals surface area contributed by atoms with Crippen molar-refractivity contribution in [2.75, 3.05) is 7.05 Å². The first kappa shape index (κ1) is 14.3. The van der Waals surface area contributed by atoms with Gasteiger partial charge in [0.05, 0.1) is 10.4 Å². The van der Waals surface area contributed by atoms with E-state index in [1.54, 1.807) is 13.1 Å². The lowest BCUT2D eigenvalue weighted by molar-refractivity contribution is 0.0857. The average Bonchev–Trinajstić information content (AvgIpc) is 2.73. The van der Waals surface area contributed by atoms with Crippen molar-refractivity contribution in [3.8, 4) is 0 Å². The Morgan fingerprint density at radius 2 is 2.00 bits per heavy atom. The highest BCUT2D eigenvalue weighted by atomic mass is 32.2. The van der Waals surface area contributed by atoms with Gasteiger partial charge in [-0.25, -0.2) is 13.2 Å². The Kier molecular flexibility index (Phi) is 3.04. The summed E-state index contributed by atoms with van der Waals surface area (Å²) in [6.07, 6.45) is 1.70. The van der Waals surface area contributed by atoms with Crippen LogP contribution in [0.25, 0.3) is 11.1 Å². The number of aromatic amines is 1. The number of nitrogens with zero attached hydrogens (tertiary/aromatic N) is 1. The van der Waals surface area contributed by atoms with Gasteiger partial charge in [-0.2, -0.15) is 4.31 Å². The van der Waals surface area contributed by atoms with Gasteiger partial charge in [0, 0.05) is 19.2 Å². The predicted octanol–water partition coefficient (Wildman–Crippen LogP) is 1.93. The molecule has 1 aliphatic carbocycles. The van der Waals surface area contributed by atoms with Crippen LogP contribution < -0.4 is 5.76 Å². The second kappa shape index (κ2) is 4.45. The zero-order valence-corrected chi connectivity index (χ0v) is 13.0. The van der Waals surface area contributed by atoms with Gasteiger partial charge in [0.25, 0.3) is 0 Å². The van der Waals surface area contributed by atoms with E-state index in [-0.39, 0.29) is 21.9 Å². The third-order valence-electron chi connectivity index (χ3n) is 4.16. The molecule has 1 N–H and O–H groups in total. The van der Waals surface area contributed by atoms with Crippen LogP contribution >= 0.6 is 0 Å². The summed E-state index contributed by atoms with van der Waals surface area (Å²) in [4.78, 5) is 13.8. The van der Waals surface area contributed by atoms with Crippen molar-refractivity contribution in [2.24, 2.45) is 5.41 Å². The summed E-state index contributed by atoms with van der Waals surface area (Å²) in [6, 6.07) is 4.46. The normalized spacial score (nSPS) is 19.0. The van der Waals surface area contributed by atoms with Crippen LogP contribution in [0, 0.1) is 5.41 Å². The van der Waals surface area contributed by atoms with Gasteiger partial charge >= 0.3 is 5.76 Å². The molecule has 114 valence electrons. The number of rotatable bonds is 3. The summed E-state index contributed by atoms with van der Waals surface area (Å²) in [5.41, 5.74) is 0.945. The molecule has 0 aliphatic heterocycles. The van der Waals surface area contributed by atoms with Gasteiger partial charge in [0.15, 0.2) is 5.58 Å². The third-order valence-corrected chi connectivity index (χ3v) is 6.07. The fraction of sp³-hybridized carbons (Fsp3) is 0.500. The van der Waals surface area contributed by atoms with E-state index in [4.69, 9.17) is 4.42 Å². The number of nitrogens with one attached hydrogen (secondary N) is 1. The van der Waals surface area contributed by atoms with Crippen molar-refractivity contribution in [3.05, 3.63) is 28.7 Å². The fourth-order valence-corrected chi connectivity index (χ4v) is 4.29. The molecule has 21 heavy (non-hydrogen) atoms. The number of sulfonamides is 1. The highest BCUT2D eigenvalue weighted by Gasteiger charge is 2.42. The second-order valence-electron chi connectivity index (χ2n) is 6.42. The Labute approximate surface area is 122 Å². The minimum Gasteiger partial charge on any atom is -0.408 e. The van der Waals surface area contributed by atoms with Crippen LogP contribution in [0.15, 0.2) is 32.3 Å². The monoisotopic (exact) mass is 310 g/mol. The maximum Gasteiger partial charge on any atom is 0.417 e. The summed E-state index contributed by atoms with van der Waals surface area (Å²) in [7, 11) is -1.97. The number of H-pyrrole nitrogens is 1. The molecule has 0 saturated heterocycles. The van der Waals surface area contributed by atoms with Crippen LogP contribution in [-0.2, 0) is 10.0 Å². The Bertz CT molecular complexity index is 839. The molecule has 6 nitrogen and oxygen atoms in total. The Morgan fingerprint density at radius 1 is 1.33 bits per heavy atom. The molecule has 7 heteroatoms. The van der Waals surface area contributed by atoms with E-state index >= 15 is 0 Å². The van der Waals surface area contributed by atoms with Crippen LogP contribution in [-0.4, -0.2) is 30.8 Å². The van der Waals surface area contributed by atoms with Crippen molar-refractivity contribution in [1.29, 1.82) is 0 Å². The van der Waals surface area contributed by atoms with Gasteiger partial charge in [-0.05, 0) is 30.4 Å². The molecule has 1 aromatic carbocycles. The highest BCUT2D eigenvalue weighted by molar-refractivity contribution is 7.89. The molecule has 0 spiro atoms. The quantitative estimate of drug-likeness (QED) is 0.939. The van der Waals surface area contributed by atoms with Crippen molar-refractivity contribution < 1.29 is 12.8 Å². The molecule has 3 rings (SSSR count). The van der Waals surface area contributed by atoms with Gasteiger partial charge in [-0.15, -0.1) is 0 Å². The molecule has 0 radical (unpaired) electrons. The first-order valence-corrected chi connectivity index (χ1v) is 8.24. The molecule has 2 aromatic rings. The van der Waals surface area contributed by atoms with Crippen LogP contribution in [0.5, 0.6) is 0 Å². The summed E-state index contributed by atoms with van der Waals surface area (Å²) in [5.74, 6) is -0.589. The summed E-state index contributed by atoms with van der Waals surface area (Å²) < 4.78 is 31.6. The fourth-order valence-electron chi connectivity index (χ4n) is 2.92. The molecule has 1 saturated carbocycles. The van der Waals surface area contributed by atoms with Gasteiger partial charge < -0.3 is 4.42 Å².